The van der Waals surface area contributed by atoms with Gasteiger partial charge in [-0.2, -0.15) is 5.10 Å². The molecule has 0 fully saturated rings. The summed E-state index contributed by atoms with van der Waals surface area (Å²) in [5.74, 6) is 0.986. The van der Waals surface area contributed by atoms with Gasteiger partial charge in [-0.3, -0.25) is 4.79 Å². The minimum atomic E-state index is -0.346. The van der Waals surface area contributed by atoms with Crippen molar-refractivity contribution in [2.75, 3.05) is 13.2 Å². The molecule has 0 aliphatic heterocycles. The van der Waals surface area contributed by atoms with Gasteiger partial charge in [-0.25, -0.2) is 5.43 Å². The summed E-state index contributed by atoms with van der Waals surface area (Å²) in [7, 11) is 0. The van der Waals surface area contributed by atoms with Crippen LogP contribution in [-0.2, 0) is 4.79 Å². The number of para-hydroxylation sites is 1. The van der Waals surface area contributed by atoms with E-state index in [1.807, 2.05) is 24.3 Å². The molecule has 0 aliphatic carbocycles. The highest BCUT2D eigenvalue weighted by Crippen LogP contribution is 2.17. The lowest BCUT2D eigenvalue weighted by Crippen LogP contribution is -2.24. The fourth-order valence-electron chi connectivity index (χ4n) is 2.67. The Morgan fingerprint density at radius 3 is 2.52 bits per heavy atom. The maximum absolute atomic E-state index is 11.9. The molecular weight excluding hydrogens is 388 g/mol. The molecular formula is C23H29ClN2O3. The highest BCUT2D eigenvalue weighted by Gasteiger charge is 2.03. The van der Waals surface area contributed by atoms with Gasteiger partial charge >= 0.3 is 0 Å². The van der Waals surface area contributed by atoms with Gasteiger partial charge in [0, 0.05) is 10.6 Å². The van der Waals surface area contributed by atoms with E-state index >= 15 is 0 Å². The maximum Gasteiger partial charge on any atom is 0.277 e. The maximum atomic E-state index is 11.9. The van der Waals surface area contributed by atoms with Gasteiger partial charge in [-0.15, -0.1) is 0 Å². The van der Waals surface area contributed by atoms with Crippen molar-refractivity contribution >= 4 is 23.7 Å². The number of carbonyl (C=O) groups is 1. The fourth-order valence-corrected chi connectivity index (χ4v) is 2.79. The third-order valence-corrected chi connectivity index (χ3v) is 4.50. The first-order chi connectivity index (χ1) is 14.2. The largest absolute Gasteiger partial charge is 0.493 e. The van der Waals surface area contributed by atoms with Crippen molar-refractivity contribution in [1.82, 2.24) is 5.43 Å². The van der Waals surface area contributed by atoms with Gasteiger partial charge in [0.15, 0.2) is 6.61 Å². The molecule has 2 aromatic carbocycles. The fraction of sp³-hybridized carbons (Fsp3) is 0.391. The Balaban J connectivity index is 1.72. The second-order valence-corrected chi connectivity index (χ2v) is 7.13. The summed E-state index contributed by atoms with van der Waals surface area (Å²) < 4.78 is 11.3. The van der Waals surface area contributed by atoms with Crippen molar-refractivity contribution < 1.29 is 14.3 Å². The predicted molar refractivity (Wildman–Crippen MR) is 118 cm³/mol. The number of amides is 1. The van der Waals surface area contributed by atoms with Gasteiger partial charge in [-0.05, 0) is 42.8 Å². The summed E-state index contributed by atoms with van der Waals surface area (Å²) in [5.41, 5.74) is 3.28. The van der Waals surface area contributed by atoms with E-state index in [-0.39, 0.29) is 12.5 Å². The Morgan fingerprint density at radius 2 is 1.72 bits per heavy atom. The lowest BCUT2D eigenvalue weighted by molar-refractivity contribution is -0.123. The Kier molecular flexibility index (Phi) is 10.7. The molecule has 0 heterocycles. The van der Waals surface area contributed by atoms with E-state index < -0.39 is 0 Å². The lowest BCUT2D eigenvalue weighted by Gasteiger charge is -2.09. The van der Waals surface area contributed by atoms with Crippen LogP contribution in [0.2, 0.25) is 5.02 Å². The highest BCUT2D eigenvalue weighted by atomic mass is 35.5. The van der Waals surface area contributed by atoms with Gasteiger partial charge in [0.25, 0.3) is 5.91 Å². The Labute approximate surface area is 178 Å². The zero-order valence-electron chi connectivity index (χ0n) is 16.9. The van der Waals surface area contributed by atoms with Crippen LogP contribution in [-0.4, -0.2) is 25.3 Å². The van der Waals surface area contributed by atoms with Crippen LogP contribution in [0.15, 0.2) is 53.6 Å². The molecule has 1 N–H and O–H groups in total. The third-order valence-electron chi connectivity index (χ3n) is 4.25. The first-order valence-corrected chi connectivity index (χ1v) is 10.5. The molecule has 0 aromatic heterocycles. The van der Waals surface area contributed by atoms with E-state index in [1.165, 1.54) is 32.1 Å². The van der Waals surface area contributed by atoms with E-state index in [4.69, 9.17) is 21.1 Å². The van der Waals surface area contributed by atoms with Crippen LogP contribution in [0, 0.1) is 0 Å². The number of nitrogens with zero attached hydrogens (tertiary/aromatic N) is 1. The normalized spacial score (nSPS) is 10.8. The van der Waals surface area contributed by atoms with Gasteiger partial charge in [0.05, 0.1) is 12.8 Å². The van der Waals surface area contributed by atoms with Crippen LogP contribution in [0.3, 0.4) is 0 Å². The topological polar surface area (TPSA) is 59.9 Å². The highest BCUT2D eigenvalue weighted by molar-refractivity contribution is 6.30. The van der Waals surface area contributed by atoms with E-state index in [1.54, 1.807) is 30.5 Å². The van der Waals surface area contributed by atoms with Crippen LogP contribution in [0.4, 0.5) is 0 Å². The standard InChI is InChI=1S/C23H29ClN2O3/c1-2-3-4-5-6-9-16-28-22-11-8-7-10-19(22)17-25-26-23(27)18-29-21-14-12-20(24)13-15-21/h7-8,10-15,17H,2-6,9,16,18H2,1H3,(H,26,27). The van der Waals surface area contributed by atoms with E-state index in [9.17, 15) is 4.79 Å². The number of benzene rings is 2. The number of hydrogen-bond acceptors (Lipinski definition) is 4. The van der Waals surface area contributed by atoms with Crippen LogP contribution >= 0.6 is 11.6 Å². The Hall–Kier alpha value is -2.53. The minimum absolute atomic E-state index is 0.130. The first kappa shape index (κ1) is 22.8. The minimum Gasteiger partial charge on any atom is -0.493 e. The van der Waals surface area contributed by atoms with E-state index in [2.05, 4.69) is 17.5 Å². The van der Waals surface area contributed by atoms with Crippen LogP contribution < -0.4 is 14.9 Å². The van der Waals surface area contributed by atoms with E-state index in [0.29, 0.717) is 17.4 Å². The monoisotopic (exact) mass is 416 g/mol. The smallest absolute Gasteiger partial charge is 0.277 e. The number of unbranched alkanes of at least 4 members (excludes halogenated alkanes) is 5. The molecule has 156 valence electrons. The summed E-state index contributed by atoms with van der Waals surface area (Å²) in [6.45, 7) is 2.77. The third kappa shape index (κ3) is 9.48. The Bertz CT molecular complexity index is 763. The van der Waals surface area contributed by atoms with Crippen molar-refractivity contribution in [3.63, 3.8) is 0 Å². The second kappa shape index (κ2) is 13.6. The number of nitrogens with one attached hydrogen (secondary N) is 1. The number of ether oxygens (including phenoxy) is 2. The molecule has 0 bridgehead atoms. The lowest BCUT2D eigenvalue weighted by atomic mass is 10.1. The zero-order chi connectivity index (χ0) is 20.7. The number of hydrazone groups is 1. The second-order valence-electron chi connectivity index (χ2n) is 6.69. The molecule has 0 aliphatic rings. The molecule has 0 unspecified atom stereocenters. The summed E-state index contributed by atoms with van der Waals surface area (Å²) in [5, 5.41) is 4.62. The average molecular weight is 417 g/mol. The summed E-state index contributed by atoms with van der Waals surface area (Å²) in [6, 6.07) is 14.5. The van der Waals surface area contributed by atoms with E-state index in [0.717, 1.165) is 17.7 Å². The molecule has 2 aromatic rings. The summed E-state index contributed by atoms with van der Waals surface area (Å²) >= 11 is 5.82. The molecule has 1 amide bonds. The molecule has 5 nitrogen and oxygen atoms in total. The van der Waals surface area contributed by atoms with Crippen LogP contribution in [0.25, 0.3) is 0 Å². The van der Waals surface area contributed by atoms with Gasteiger partial charge in [-0.1, -0.05) is 62.8 Å². The van der Waals surface area contributed by atoms with Gasteiger partial charge in [0.2, 0.25) is 0 Å². The summed E-state index contributed by atoms with van der Waals surface area (Å²) in [4.78, 5) is 11.9. The predicted octanol–water partition coefficient (Wildman–Crippen LogP) is 5.61. The summed E-state index contributed by atoms with van der Waals surface area (Å²) in [6.07, 6.45) is 8.90. The quantitative estimate of drug-likeness (QED) is 0.262. The Morgan fingerprint density at radius 1 is 1.00 bits per heavy atom. The van der Waals surface area contributed by atoms with Crippen molar-refractivity contribution in [3.05, 3.63) is 59.1 Å². The number of hydrogen-bond donors (Lipinski definition) is 1. The van der Waals surface area contributed by atoms with Crippen LogP contribution in [0.1, 0.15) is 51.0 Å². The van der Waals surface area contributed by atoms with Crippen molar-refractivity contribution in [2.24, 2.45) is 5.10 Å². The molecule has 2 rings (SSSR count). The SMILES string of the molecule is CCCCCCCCOc1ccccc1C=NNC(=O)COc1ccc(Cl)cc1. The number of rotatable bonds is 13. The average Bonchev–Trinajstić information content (AvgIpc) is 2.73. The van der Waals surface area contributed by atoms with Crippen molar-refractivity contribution in [2.45, 2.75) is 45.4 Å². The molecule has 0 saturated heterocycles. The molecule has 0 atom stereocenters. The van der Waals surface area contributed by atoms with Crippen molar-refractivity contribution in [3.8, 4) is 11.5 Å². The molecule has 0 radical (unpaired) electrons. The van der Waals surface area contributed by atoms with Crippen LogP contribution in [0.5, 0.6) is 11.5 Å². The number of carbonyl (C=O) groups excluding carboxylic acids is 1. The zero-order valence-corrected chi connectivity index (χ0v) is 17.7. The molecule has 6 heteroatoms. The molecule has 29 heavy (non-hydrogen) atoms. The molecule has 0 spiro atoms. The number of halogens is 1. The first-order valence-electron chi connectivity index (χ1n) is 10.1. The van der Waals surface area contributed by atoms with Gasteiger partial charge < -0.3 is 9.47 Å². The van der Waals surface area contributed by atoms with Crippen molar-refractivity contribution in [1.29, 1.82) is 0 Å². The molecule has 0 saturated carbocycles. The van der Waals surface area contributed by atoms with Gasteiger partial charge in [0.1, 0.15) is 11.5 Å².